The summed E-state index contributed by atoms with van der Waals surface area (Å²) in [6.07, 6.45) is 0. The second-order valence-electron chi connectivity index (χ2n) is 6.59. The molecule has 0 spiro atoms. The summed E-state index contributed by atoms with van der Waals surface area (Å²) in [6.45, 7) is 6.09. The first-order valence-corrected chi connectivity index (χ1v) is 8.77. The number of benzene rings is 1. The monoisotopic (exact) mass is 360 g/mol. The van der Waals surface area contributed by atoms with Gasteiger partial charge in [-0.1, -0.05) is 37.7 Å². The van der Waals surface area contributed by atoms with Gasteiger partial charge in [0.15, 0.2) is 5.16 Å². The maximum Gasteiger partial charge on any atom is 0.237 e. The van der Waals surface area contributed by atoms with E-state index in [0.29, 0.717) is 11.0 Å². The summed E-state index contributed by atoms with van der Waals surface area (Å²) < 4.78 is 10.3. The van der Waals surface area contributed by atoms with Crippen LogP contribution < -0.4 is 10.1 Å². The van der Waals surface area contributed by atoms with Crippen molar-refractivity contribution in [2.75, 3.05) is 18.2 Å². The second-order valence-corrected chi connectivity index (χ2v) is 7.55. The van der Waals surface area contributed by atoms with Crippen molar-refractivity contribution in [3.05, 3.63) is 30.0 Å². The van der Waals surface area contributed by atoms with E-state index in [0.717, 1.165) is 22.5 Å². The highest BCUT2D eigenvalue weighted by Crippen LogP contribution is 2.25. The van der Waals surface area contributed by atoms with E-state index in [2.05, 4.69) is 20.4 Å². The van der Waals surface area contributed by atoms with E-state index in [1.165, 1.54) is 11.8 Å². The zero-order valence-corrected chi connectivity index (χ0v) is 15.4. The van der Waals surface area contributed by atoms with Gasteiger partial charge in [-0.3, -0.25) is 10.1 Å². The van der Waals surface area contributed by atoms with Gasteiger partial charge < -0.3 is 14.2 Å². The van der Waals surface area contributed by atoms with Crippen LogP contribution >= 0.6 is 11.8 Å². The maximum absolute atomic E-state index is 12.1. The molecule has 0 aliphatic carbocycles. The molecule has 2 aromatic heterocycles. The highest BCUT2D eigenvalue weighted by Gasteiger charge is 2.19. The van der Waals surface area contributed by atoms with Crippen molar-refractivity contribution < 1.29 is 14.1 Å². The van der Waals surface area contributed by atoms with Crippen molar-refractivity contribution in [1.82, 2.24) is 15.1 Å². The van der Waals surface area contributed by atoms with Crippen molar-refractivity contribution in [1.29, 1.82) is 0 Å². The molecule has 0 saturated carbocycles. The Morgan fingerprint density at radius 2 is 2.16 bits per heavy atom. The molecule has 0 radical (unpaired) electrons. The van der Waals surface area contributed by atoms with Crippen molar-refractivity contribution in [3.8, 4) is 5.75 Å². The van der Waals surface area contributed by atoms with Gasteiger partial charge in [-0.15, -0.1) is 0 Å². The quantitative estimate of drug-likeness (QED) is 0.676. The average Bonchev–Trinajstić information content (AvgIpc) is 3.18. The zero-order chi connectivity index (χ0) is 18.0. The number of carbonyl (C=O) groups is 1. The molecule has 0 aliphatic heterocycles. The zero-order valence-electron chi connectivity index (χ0n) is 14.5. The van der Waals surface area contributed by atoms with Gasteiger partial charge >= 0.3 is 0 Å². The molecule has 0 unspecified atom stereocenters. The van der Waals surface area contributed by atoms with Crippen LogP contribution in [0, 0.1) is 0 Å². The van der Waals surface area contributed by atoms with E-state index < -0.39 is 0 Å². The lowest BCUT2D eigenvalue weighted by Gasteiger charge is -2.12. The highest BCUT2D eigenvalue weighted by molar-refractivity contribution is 7.99. The van der Waals surface area contributed by atoms with E-state index >= 15 is 0 Å². The molecule has 3 aromatic rings. The largest absolute Gasteiger partial charge is 0.497 e. The Balaban J connectivity index is 1.59. The number of fused-ring (bicyclic) bond motifs is 1. The summed E-state index contributed by atoms with van der Waals surface area (Å²) in [5.41, 5.74) is 2.36. The van der Waals surface area contributed by atoms with Gasteiger partial charge in [0.05, 0.1) is 29.6 Å². The van der Waals surface area contributed by atoms with Gasteiger partial charge in [0, 0.05) is 17.5 Å². The second kappa shape index (κ2) is 6.79. The standard InChI is InChI=1S/C17H20N4O3S/c1-17(2,3)13-8-15(24-21-13)20-14(22)9-25-16-18-11-6-5-10(23-4)7-12(11)19-16/h5-8H,9H2,1-4H3,(H,18,19)(H,20,22). The molecular weight excluding hydrogens is 340 g/mol. The molecular formula is C17H20N4O3S. The fourth-order valence-electron chi connectivity index (χ4n) is 2.16. The predicted molar refractivity (Wildman–Crippen MR) is 97.2 cm³/mol. The van der Waals surface area contributed by atoms with Crippen LogP contribution in [0.4, 0.5) is 5.88 Å². The Bertz CT molecular complexity index is 895. The van der Waals surface area contributed by atoms with Gasteiger partial charge in [-0.2, -0.15) is 0 Å². The van der Waals surface area contributed by atoms with Crippen LogP contribution in [0.3, 0.4) is 0 Å². The number of nitrogens with zero attached hydrogens (tertiary/aromatic N) is 2. The number of nitrogens with one attached hydrogen (secondary N) is 2. The van der Waals surface area contributed by atoms with Crippen molar-refractivity contribution in [2.45, 2.75) is 31.3 Å². The number of aromatic nitrogens is 3. The van der Waals surface area contributed by atoms with Crippen molar-refractivity contribution >= 4 is 34.6 Å². The third-order valence-corrected chi connectivity index (χ3v) is 4.42. The summed E-state index contributed by atoms with van der Waals surface area (Å²) in [5.74, 6) is 1.14. The Labute approximate surface area is 149 Å². The average molecular weight is 360 g/mol. The Morgan fingerprint density at radius 3 is 2.84 bits per heavy atom. The number of thioether (sulfide) groups is 1. The molecule has 3 rings (SSSR count). The van der Waals surface area contributed by atoms with Crippen LogP contribution in [0.25, 0.3) is 11.0 Å². The summed E-state index contributed by atoms with van der Waals surface area (Å²) in [6, 6.07) is 7.34. The van der Waals surface area contributed by atoms with Crippen LogP contribution in [0.15, 0.2) is 33.9 Å². The number of hydrogen-bond acceptors (Lipinski definition) is 6. The number of carbonyl (C=O) groups excluding carboxylic acids is 1. The molecule has 1 amide bonds. The first kappa shape index (κ1) is 17.3. The van der Waals surface area contributed by atoms with E-state index in [1.807, 2.05) is 39.0 Å². The van der Waals surface area contributed by atoms with E-state index in [1.54, 1.807) is 13.2 Å². The number of methoxy groups -OCH3 is 1. The summed E-state index contributed by atoms with van der Waals surface area (Å²) in [4.78, 5) is 19.7. The molecule has 132 valence electrons. The van der Waals surface area contributed by atoms with Crippen LogP contribution in [0.5, 0.6) is 5.75 Å². The molecule has 0 fully saturated rings. The third-order valence-electron chi connectivity index (χ3n) is 3.55. The first-order valence-electron chi connectivity index (χ1n) is 7.79. The van der Waals surface area contributed by atoms with Crippen molar-refractivity contribution in [3.63, 3.8) is 0 Å². The molecule has 7 nitrogen and oxygen atoms in total. The number of hydrogen-bond donors (Lipinski definition) is 2. The van der Waals surface area contributed by atoms with Gasteiger partial charge in [0.25, 0.3) is 0 Å². The van der Waals surface area contributed by atoms with Gasteiger partial charge in [0.1, 0.15) is 5.75 Å². The van der Waals surface area contributed by atoms with E-state index in [9.17, 15) is 4.79 Å². The number of anilines is 1. The Kier molecular flexibility index (Phi) is 4.71. The molecule has 1 aromatic carbocycles. The highest BCUT2D eigenvalue weighted by atomic mass is 32.2. The topological polar surface area (TPSA) is 93.0 Å². The summed E-state index contributed by atoms with van der Waals surface area (Å²) in [5, 5.41) is 7.36. The number of rotatable bonds is 5. The van der Waals surface area contributed by atoms with E-state index in [-0.39, 0.29) is 17.1 Å². The smallest absolute Gasteiger partial charge is 0.237 e. The Hall–Kier alpha value is -2.48. The van der Waals surface area contributed by atoms with Gasteiger partial charge in [-0.05, 0) is 12.1 Å². The maximum atomic E-state index is 12.1. The van der Waals surface area contributed by atoms with Crippen molar-refractivity contribution in [2.24, 2.45) is 0 Å². The van der Waals surface area contributed by atoms with Crippen LogP contribution in [-0.2, 0) is 10.2 Å². The lowest BCUT2D eigenvalue weighted by molar-refractivity contribution is -0.113. The summed E-state index contributed by atoms with van der Waals surface area (Å²) in [7, 11) is 1.62. The SMILES string of the molecule is COc1ccc2nc(SCC(=O)Nc3cc(C(C)(C)C)no3)[nH]c2c1. The lowest BCUT2D eigenvalue weighted by Crippen LogP contribution is -2.14. The molecule has 8 heteroatoms. The lowest BCUT2D eigenvalue weighted by atomic mass is 9.92. The molecule has 2 heterocycles. The normalized spacial score (nSPS) is 11.7. The predicted octanol–water partition coefficient (Wildman–Crippen LogP) is 3.59. The summed E-state index contributed by atoms with van der Waals surface area (Å²) >= 11 is 1.32. The number of ether oxygens (including phenoxy) is 1. The number of amides is 1. The minimum Gasteiger partial charge on any atom is -0.497 e. The molecule has 0 bridgehead atoms. The third kappa shape index (κ3) is 4.14. The minimum absolute atomic E-state index is 0.128. The molecule has 2 N–H and O–H groups in total. The minimum atomic E-state index is -0.181. The fourth-order valence-corrected chi connectivity index (χ4v) is 2.84. The number of aromatic amines is 1. The van der Waals surface area contributed by atoms with E-state index in [4.69, 9.17) is 9.26 Å². The van der Waals surface area contributed by atoms with Gasteiger partial charge in [-0.25, -0.2) is 4.98 Å². The first-order chi connectivity index (χ1) is 11.8. The number of H-pyrrole nitrogens is 1. The fraction of sp³-hybridized carbons (Fsp3) is 0.353. The number of imidazole rings is 1. The van der Waals surface area contributed by atoms with Crippen LogP contribution in [0.2, 0.25) is 0 Å². The molecule has 25 heavy (non-hydrogen) atoms. The molecule has 0 aliphatic rings. The molecule has 0 atom stereocenters. The Morgan fingerprint density at radius 1 is 1.36 bits per heavy atom. The van der Waals surface area contributed by atoms with Crippen LogP contribution in [0.1, 0.15) is 26.5 Å². The van der Waals surface area contributed by atoms with Gasteiger partial charge in [0.2, 0.25) is 11.8 Å². The molecule has 0 saturated heterocycles. The van der Waals surface area contributed by atoms with Crippen LogP contribution in [-0.4, -0.2) is 33.9 Å².